The molecule has 0 unspecified atom stereocenters. The molecule has 0 fully saturated rings. The standard InChI is InChI=1S/C27H54O4/c1-4-7-19-24-30-27(31-25-20-8-5-2)22-18-16-14-12-10-9-11-13-15-17-21-23-29-26-28-6-3/h21,23,27H,4-20,22,24-26H2,1-3H3. The molecule has 0 radical (unpaired) electrons. The molecule has 0 aliphatic rings. The van der Waals surface area contributed by atoms with Crippen molar-refractivity contribution in [2.24, 2.45) is 0 Å². The maximum Gasteiger partial charge on any atom is 0.188 e. The minimum Gasteiger partial charge on any atom is -0.475 e. The molecule has 0 aromatic carbocycles. The van der Waals surface area contributed by atoms with Crippen LogP contribution >= 0.6 is 0 Å². The van der Waals surface area contributed by atoms with Crippen molar-refractivity contribution in [3.63, 3.8) is 0 Å². The van der Waals surface area contributed by atoms with Crippen molar-refractivity contribution < 1.29 is 18.9 Å². The molecule has 0 atom stereocenters. The van der Waals surface area contributed by atoms with Gasteiger partial charge >= 0.3 is 0 Å². The molecule has 31 heavy (non-hydrogen) atoms. The zero-order valence-electron chi connectivity index (χ0n) is 21.2. The molecule has 0 saturated carbocycles. The number of hydrogen-bond acceptors (Lipinski definition) is 4. The van der Waals surface area contributed by atoms with Crippen molar-refractivity contribution >= 4 is 0 Å². The molecule has 0 aromatic heterocycles. The molecule has 0 heterocycles. The Morgan fingerprint density at radius 1 is 0.613 bits per heavy atom. The van der Waals surface area contributed by atoms with Gasteiger partial charge < -0.3 is 18.9 Å². The van der Waals surface area contributed by atoms with E-state index < -0.39 is 0 Å². The number of allylic oxidation sites excluding steroid dienone is 1. The summed E-state index contributed by atoms with van der Waals surface area (Å²) in [7, 11) is 0. The first-order valence-corrected chi connectivity index (χ1v) is 13.4. The summed E-state index contributed by atoms with van der Waals surface area (Å²) < 4.78 is 22.3. The Morgan fingerprint density at radius 3 is 1.71 bits per heavy atom. The Morgan fingerprint density at radius 2 is 1.16 bits per heavy atom. The first-order chi connectivity index (χ1) is 15.3. The van der Waals surface area contributed by atoms with E-state index in [0.29, 0.717) is 13.4 Å². The summed E-state index contributed by atoms with van der Waals surface area (Å²) in [5.41, 5.74) is 0. The van der Waals surface area contributed by atoms with Gasteiger partial charge in [-0.15, -0.1) is 0 Å². The van der Waals surface area contributed by atoms with Crippen LogP contribution in [0.25, 0.3) is 0 Å². The third-order valence-electron chi connectivity index (χ3n) is 5.46. The van der Waals surface area contributed by atoms with Crippen LogP contribution in [0.4, 0.5) is 0 Å². The molecule has 0 bridgehead atoms. The molecule has 0 spiro atoms. The van der Waals surface area contributed by atoms with Crippen LogP contribution in [0.1, 0.15) is 130 Å². The quantitative estimate of drug-likeness (QED) is 0.0764. The first kappa shape index (κ1) is 30.4. The number of unbranched alkanes of at least 4 members (excludes halogenated alkanes) is 13. The highest BCUT2D eigenvalue weighted by Gasteiger charge is 2.09. The van der Waals surface area contributed by atoms with Crippen molar-refractivity contribution in [3.05, 3.63) is 12.3 Å². The maximum atomic E-state index is 6.01. The summed E-state index contributed by atoms with van der Waals surface area (Å²) in [6.45, 7) is 9.21. The monoisotopic (exact) mass is 442 g/mol. The molecule has 4 heteroatoms. The highest BCUT2D eigenvalue weighted by atomic mass is 16.7. The van der Waals surface area contributed by atoms with Crippen LogP contribution in [-0.4, -0.2) is 32.9 Å². The van der Waals surface area contributed by atoms with Crippen molar-refractivity contribution in [2.45, 2.75) is 136 Å². The Hall–Kier alpha value is -0.580. The Bertz CT molecular complexity index is 334. The molecule has 0 saturated heterocycles. The summed E-state index contributed by atoms with van der Waals surface area (Å²) in [6.07, 6.45) is 25.3. The second kappa shape index (κ2) is 27.5. The Labute approximate surface area is 194 Å². The van der Waals surface area contributed by atoms with Gasteiger partial charge in [-0.25, -0.2) is 0 Å². The highest BCUT2D eigenvalue weighted by Crippen LogP contribution is 2.14. The summed E-state index contributed by atoms with van der Waals surface area (Å²) in [5.74, 6) is 0. The van der Waals surface area contributed by atoms with Gasteiger partial charge in [-0.2, -0.15) is 0 Å². The predicted octanol–water partition coefficient (Wildman–Crippen LogP) is 8.54. The molecule has 0 amide bonds. The van der Waals surface area contributed by atoms with Gasteiger partial charge in [0.1, 0.15) is 0 Å². The van der Waals surface area contributed by atoms with Gasteiger partial charge in [-0.3, -0.25) is 0 Å². The number of rotatable bonds is 26. The van der Waals surface area contributed by atoms with Crippen molar-refractivity contribution in [2.75, 3.05) is 26.6 Å². The van der Waals surface area contributed by atoms with Crippen LogP contribution < -0.4 is 0 Å². The smallest absolute Gasteiger partial charge is 0.188 e. The second-order valence-corrected chi connectivity index (χ2v) is 8.49. The van der Waals surface area contributed by atoms with E-state index in [4.69, 9.17) is 18.9 Å². The van der Waals surface area contributed by atoms with Crippen LogP contribution in [-0.2, 0) is 18.9 Å². The summed E-state index contributed by atoms with van der Waals surface area (Å²) in [6, 6.07) is 0. The molecular weight excluding hydrogens is 388 g/mol. The minimum absolute atomic E-state index is 0.0207. The van der Waals surface area contributed by atoms with Gasteiger partial charge in [0, 0.05) is 19.8 Å². The van der Waals surface area contributed by atoms with E-state index in [2.05, 4.69) is 19.9 Å². The van der Waals surface area contributed by atoms with Gasteiger partial charge in [0.25, 0.3) is 0 Å². The largest absolute Gasteiger partial charge is 0.475 e. The minimum atomic E-state index is 0.0207. The zero-order valence-corrected chi connectivity index (χ0v) is 21.2. The zero-order chi connectivity index (χ0) is 22.7. The van der Waals surface area contributed by atoms with E-state index in [1.807, 2.05) is 6.92 Å². The van der Waals surface area contributed by atoms with Gasteiger partial charge in [-0.1, -0.05) is 84.5 Å². The Balaban J connectivity index is 3.51. The van der Waals surface area contributed by atoms with Gasteiger partial charge in [0.15, 0.2) is 13.1 Å². The molecule has 0 aromatic rings. The molecule has 0 rings (SSSR count). The molecule has 0 aliphatic heterocycles. The van der Waals surface area contributed by atoms with Crippen molar-refractivity contribution in [1.82, 2.24) is 0 Å². The maximum absolute atomic E-state index is 6.01. The third kappa shape index (κ3) is 25.6. The molecular formula is C27H54O4. The normalized spacial score (nSPS) is 11.7. The van der Waals surface area contributed by atoms with Crippen molar-refractivity contribution in [3.8, 4) is 0 Å². The lowest BCUT2D eigenvalue weighted by Crippen LogP contribution is -2.19. The lowest BCUT2D eigenvalue weighted by Gasteiger charge is -2.18. The van der Waals surface area contributed by atoms with E-state index in [1.54, 1.807) is 6.26 Å². The van der Waals surface area contributed by atoms with Gasteiger partial charge in [0.2, 0.25) is 0 Å². The highest BCUT2D eigenvalue weighted by molar-refractivity contribution is 4.72. The second-order valence-electron chi connectivity index (χ2n) is 8.49. The SMILES string of the molecule is CCCCCOC(CCCCCCCCCCCC=COCOCC)OCCCCC. The molecule has 0 aliphatic carbocycles. The fraction of sp³-hybridized carbons (Fsp3) is 0.926. The van der Waals surface area contributed by atoms with E-state index in [-0.39, 0.29) is 6.29 Å². The summed E-state index contributed by atoms with van der Waals surface area (Å²) >= 11 is 0. The fourth-order valence-electron chi connectivity index (χ4n) is 3.47. The van der Waals surface area contributed by atoms with E-state index >= 15 is 0 Å². The van der Waals surface area contributed by atoms with E-state index in [1.165, 1.54) is 83.5 Å². The average molecular weight is 443 g/mol. The lowest BCUT2D eigenvalue weighted by atomic mass is 10.1. The lowest BCUT2D eigenvalue weighted by molar-refractivity contribution is -0.148. The molecule has 4 nitrogen and oxygen atoms in total. The van der Waals surface area contributed by atoms with Crippen molar-refractivity contribution in [1.29, 1.82) is 0 Å². The average Bonchev–Trinajstić information content (AvgIpc) is 2.78. The van der Waals surface area contributed by atoms with Crippen LogP contribution in [0, 0.1) is 0 Å². The van der Waals surface area contributed by atoms with Gasteiger partial charge in [-0.05, 0) is 51.5 Å². The first-order valence-electron chi connectivity index (χ1n) is 13.4. The van der Waals surface area contributed by atoms with E-state index in [9.17, 15) is 0 Å². The fourth-order valence-corrected chi connectivity index (χ4v) is 3.47. The van der Waals surface area contributed by atoms with Crippen LogP contribution in [0.5, 0.6) is 0 Å². The van der Waals surface area contributed by atoms with E-state index in [0.717, 1.165) is 38.9 Å². The van der Waals surface area contributed by atoms with Crippen LogP contribution in [0.15, 0.2) is 12.3 Å². The topological polar surface area (TPSA) is 36.9 Å². The Kier molecular flexibility index (Phi) is 26.9. The third-order valence-corrected chi connectivity index (χ3v) is 5.46. The number of ether oxygens (including phenoxy) is 4. The predicted molar refractivity (Wildman–Crippen MR) is 132 cm³/mol. The van der Waals surface area contributed by atoms with Gasteiger partial charge in [0.05, 0.1) is 6.26 Å². The van der Waals surface area contributed by atoms with Crippen LogP contribution in [0.2, 0.25) is 0 Å². The van der Waals surface area contributed by atoms with Crippen LogP contribution in [0.3, 0.4) is 0 Å². The summed E-state index contributed by atoms with van der Waals surface area (Å²) in [4.78, 5) is 0. The molecule has 0 N–H and O–H groups in total. The molecule has 186 valence electrons. The number of hydrogen-bond donors (Lipinski definition) is 0. The summed E-state index contributed by atoms with van der Waals surface area (Å²) in [5, 5.41) is 0.